The zero-order valence-electron chi connectivity index (χ0n) is 15.4. The van der Waals surface area contributed by atoms with Crippen molar-refractivity contribution in [1.82, 2.24) is 15.1 Å². The van der Waals surface area contributed by atoms with Gasteiger partial charge in [0.1, 0.15) is 18.0 Å². The number of pyridine rings is 1. The number of β-amino-alcohol motifs (C(OH)–C–C–N with tert-alkyl or cyclic N) is 1. The van der Waals surface area contributed by atoms with E-state index in [2.05, 4.69) is 20.0 Å². The average Bonchev–Trinajstić information content (AvgIpc) is 3.30. The van der Waals surface area contributed by atoms with Gasteiger partial charge in [0.2, 0.25) is 0 Å². The molecule has 4 rings (SSSR count). The summed E-state index contributed by atoms with van der Waals surface area (Å²) in [7, 11) is 1.58. The quantitative estimate of drug-likeness (QED) is 0.743. The molecule has 27 heavy (non-hydrogen) atoms. The van der Waals surface area contributed by atoms with E-state index in [0.29, 0.717) is 31.3 Å². The second kappa shape index (κ2) is 7.09. The second-order valence-corrected chi connectivity index (χ2v) is 6.87. The maximum atomic E-state index is 11.1. The molecule has 1 fully saturated rings. The van der Waals surface area contributed by atoms with Crippen LogP contribution in [0.15, 0.2) is 47.1 Å². The van der Waals surface area contributed by atoms with Crippen LogP contribution in [-0.4, -0.2) is 40.4 Å². The second-order valence-electron chi connectivity index (χ2n) is 6.87. The van der Waals surface area contributed by atoms with E-state index in [9.17, 15) is 5.11 Å². The van der Waals surface area contributed by atoms with Crippen molar-refractivity contribution >= 4 is 5.82 Å². The molecule has 3 aromatic rings. The highest BCUT2D eigenvalue weighted by molar-refractivity contribution is 5.55. The summed E-state index contributed by atoms with van der Waals surface area (Å²) in [5, 5.41) is 15.0. The Morgan fingerprint density at radius 3 is 2.85 bits per heavy atom. The van der Waals surface area contributed by atoms with Gasteiger partial charge in [-0.15, -0.1) is 0 Å². The first-order chi connectivity index (χ1) is 13.1. The first-order valence-electron chi connectivity index (χ1n) is 8.90. The largest absolute Gasteiger partial charge is 0.383 e. The van der Waals surface area contributed by atoms with Crippen LogP contribution >= 0.6 is 0 Å². The first kappa shape index (κ1) is 17.6. The lowest BCUT2D eigenvalue weighted by Crippen LogP contribution is -2.31. The summed E-state index contributed by atoms with van der Waals surface area (Å²) < 4.78 is 10.2. The number of aliphatic hydroxyl groups is 1. The lowest BCUT2D eigenvalue weighted by atomic mass is 9.89. The van der Waals surface area contributed by atoms with Crippen molar-refractivity contribution in [3.63, 3.8) is 0 Å². The van der Waals surface area contributed by atoms with Crippen molar-refractivity contribution in [3.8, 4) is 11.5 Å². The summed E-state index contributed by atoms with van der Waals surface area (Å²) in [5.74, 6) is 1.73. The fourth-order valence-electron chi connectivity index (χ4n) is 3.56. The molecular weight excluding hydrogens is 344 g/mol. The van der Waals surface area contributed by atoms with Crippen LogP contribution in [-0.2, 0) is 16.9 Å². The van der Waals surface area contributed by atoms with Gasteiger partial charge < -0.3 is 19.3 Å². The molecule has 1 N–H and O–H groups in total. The van der Waals surface area contributed by atoms with Gasteiger partial charge in [0.15, 0.2) is 5.82 Å². The number of aromatic nitrogens is 3. The van der Waals surface area contributed by atoms with Crippen LogP contribution in [0.3, 0.4) is 0 Å². The molecule has 0 aliphatic carbocycles. The Morgan fingerprint density at radius 2 is 2.11 bits per heavy atom. The zero-order chi connectivity index (χ0) is 18.9. The van der Waals surface area contributed by atoms with Crippen molar-refractivity contribution in [2.45, 2.75) is 25.6 Å². The molecule has 1 saturated heterocycles. The molecule has 2 aromatic heterocycles. The third-order valence-electron chi connectivity index (χ3n) is 4.95. The third kappa shape index (κ3) is 3.43. The summed E-state index contributed by atoms with van der Waals surface area (Å²) in [4.78, 5) is 10.9. The van der Waals surface area contributed by atoms with Crippen LogP contribution in [0.1, 0.15) is 23.4 Å². The topological polar surface area (TPSA) is 84.5 Å². The van der Waals surface area contributed by atoms with Crippen molar-refractivity contribution in [3.05, 3.63) is 59.5 Å². The minimum atomic E-state index is -0.854. The van der Waals surface area contributed by atoms with Gasteiger partial charge in [-0.1, -0.05) is 29.4 Å². The number of ether oxygens (including phenoxy) is 1. The van der Waals surface area contributed by atoms with Gasteiger partial charge >= 0.3 is 0 Å². The SMILES string of the molecule is COCc1noc(-c2ccc(N3CCC(O)(c4ccccc4C)C3)nc2)n1. The number of benzene rings is 1. The Hall–Kier alpha value is -2.77. The Kier molecular flexibility index (Phi) is 4.63. The fourth-order valence-corrected chi connectivity index (χ4v) is 3.56. The highest BCUT2D eigenvalue weighted by atomic mass is 16.5. The van der Waals surface area contributed by atoms with E-state index in [1.54, 1.807) is 13.3 Å². The lowest BCUT2D eigenvalue weighted by molar-refractivity contribution is 0.0600. The molecule has 140 valence electrons. The van der Waals surface area contributed by atoms with Gasteiger partial charge in [-0.25, -0.2) is 4.98 Å². The Bertz CT molecular complexity index is 925. The van der Waals surface area contributed by atoms with Crippen molar-refractivity contribution in [2.75, 3.05) is 25.1 Å². The van der Waals surface area contributed by atoms with Crippen molar-refractivity contribution in [2.24, 2.45) is 0 Å². The van der Waals surface area contributed by atoms with Crippen molar-refractivity contribution in [1.29, 1.82) is 0 Å². The molecule has 1 aliphatic rings. The van der Waals surface area contributed by atoms with Crippen LogP contribution in [0, 0.1) is 6.92 Å². The van der Waals surface area contributed by atoms with Gasteiger partial charge in [0, 0.05) is 19.9 Å². The van der Waals surface area contributed by atoms with E-state index >= 15 is 0 Å². The fraction of sp³-hybridized carbons (Fsp3) is 0.350. The third-order valence-corrected chi connectivity index (χ3v) is 4.95. The normalized spacial score (nSPS) is 19.6. The molecule has 0 bridgehead atoms. The molecule has 1 atom stereocenters. The summed E-state index contributed by atoms with van der Waals surface area (Å²) in [5.41, 5.74) is 1.99. The van der Waals surface area contributed by atoms with Crippen molar-refractivity contribution < 1.29 is 14.4 Å². The molecule has 3 heterocycles. The minimum absolute atomic E-state index is 0.306. The number of nitrogens with zero attached hydrogens (tertiary/aromatic N) is 4. The van der Waals surface area contributed by atoms with E-state index in [4.69, 9.17) is 9.26 Å². The van der Waals surface area contributed by atoms with Gasteiger partial charge in [0.25, 0.3) is 5.89 Å². The number of methoxy groups -OCH3 is 1. The molecule has 1 unspecified atom stereocenters. The monoisotopic (exact) mass is 366 g/mol. The molecule has 0 spiro atoms. The van der Waals surface area contributed by atoms with Crippen LogP contribution in [0.5, 0.6) is 0 Å². The maximum Gasteiger partial charge on any atom is 0.259 e. The van der Waals surface area contributed by atoms with E-state index in [1.807, 2.05) is 43.3 Å². The zero-order valence-corrected chi connectivity index (χ0v) is 15.4. The van der Waals surface area contributed by atoms with E-state index in [1.165, 1.54) is 0 Å². The summed E-state index contributed by atoms with van der Waals surface area (Å²) in [6.45, 7) is 3.60. The molecule has 0 saturated carbocycles. The Balaban J connectivity index is 1.50. The maximum absolute atomic E-state index is 11.1. The molecule has 1 aromatic carbocycles. The molecular formula is C20H22N4O3. The molecule has 0 radical (unpaired) electrons. The Labute approximate surface area is 157 Å². The van der Waals surface area contributed by atoms with Gasteiger partial charge in [-0.2, -0.15) is 4.98 Å². The summed E-state index contributed by atoms with van der Waals surface area (Å²) >= 11 is 0. The minimum Gasteiger partial charge on any atom is -0.383 e. The van der Waals surface area contributed by atoms with Gasteiger partial charge in [0.05, 0.1) is 12.1 Å². The highest BCUT2D eigenvalue weighted by Crippen LogP contribution is 2.35. The Morgan fingerprint density at radius 1 is 1.26 bits per heavy atom. The molecule has 7 heteroatoms. The van der Waals surface area contributed by atoms with E-state index in [0.717, 1.165) is 29.1 Å². The van der Waals surface area contributed by atoms with Crippen LogP contribution in [0.2, 0.25) is 0 Å². The smallest absolute Gasteiger partial charge is 0.259 e. The van der Waals surface area contributed by atoms with E-state index in [-0.39, 0.29) is 0 Å². The summed E-state index contributed by atoms with van der Waals surface area (Å²) in [6.07, 6.45) is 2.38. The summed E-state index contributed by atoms with van der Waals surface area (Å²) in [6, 6.07) is 11.8. The number of anilines is 1. The average molecular weight is 366 g/mol. The van der Waals surface area contributed by atoms with Crippen LogP contribution in [0.25, 0.3) is 11.5 Å². The number of rotatable bonds is 5. The van der Waals surface area contributed by atoms with E-state index < -0.39 is 5.60 Å². The standard InChI is InChI=1S/C20H22N4O3/c1-14-5-3-4-6-16(14)20(25)9-10-24(13-20)18-8-7-15(11-21-18)19-22-17(12-26-2)23-27-19/h3-8,11,25H,9-10,12-13H2,1-2H3. The van der Waals surface area contributed by atoms with Gasteiger partial charge in [-0.05, 0) is 36.6 Å². The van der Waals surface area contributed by atoms with Crippen LogP contribution in [0.4, 0.5) is 5.82 Å². The number of aryl methyl sites for hydroxylation is 1. The molecule has 0 amide bonds. The lowest BCUT2D eigenvalue weighted by Gasteiger charge is -2.26. The predicted molar refractivity (Wildman–Crippen MR) is 100 cm³/mol. The number of hydrogen-bond acceptors (Lipinski definition) is 7. The number of hydrogen-bond donors (Lipinski definition) is 1. The van der Waals surface area contributed by atoms with Gasteiger partial charge in [-0.3, -0.25) is 0 Å². The van der Waals surface area contributed by atoms with Crippen LogP contribution < -0.4 is 4.90 Å². The highest BCUT2D eigenvalue weighted by Gasteiger charge is 2.39. The molecule has 7 nitrogen and oxygen atoms in total. The predicted octanol–water partition coefficient (Wildman–Crippen LogP) is 2.68. The first-order valence-corrected chi connectivity index (χ1v) is 8.90. The molecule has 1 aliphatic heterocycles.